The lowest BCUT2D eigenvalue weighted by molar-refractivity contribution is -0.219. The zero-order chi connectivity index (χ0) is 15.2. The molecule has 8 heteroatoms. The van der Waals surface area contributed by atoms with Gasteiger partial charge in [-0.25, -0.2) is 0 Å². The van der Waals surface area contributed by atoms with Crippen LogP contribution in [0.15, 0.2) is 29.2 Å². The van der Waals surface area contributed by atoms with Crippen LogP contribution in [0.2, 0.25) is 0 Å². The second-order valence-corrected chi connectivity index (χ2v) is 6.76. The van der Waals surface area contributed by atoms with Gasteiger partial charge in [0.25, 0.3) is 10.1 Å². The number of rotatable bonds is 3. The van der Waals surface area contributed by atoms with Crippen molar-refractivity contribution in [3.8, 4) is 0 Å². The predicted molar refractivity (Wildman–Crippen MR) is 69.9 cm³/mol. The summed E-state index contributed by atoms with van der Waals surface area (Å²) in [5.74, 6) is 0. The first kappa shape index (κ1) is 14.9. The van der Waals surface area contributed by atoms with E-state index in [-0.39, 0.29) is 11.5 Å². The minimum atomic E-state index is -4.09. The quantitative estimate of drug-likeness (QED) is 0.728. The lowest BCUT2D eigenvalue weighted by Gasteiger charge is -2.34. The van der Waals surface area contributed by atoms with E-state index in [2.05, 4.69) is 0 Å². The molecule has 0 saturated carbocycles. The van der Waals surface area contributed by atoms with Gasteiger partial charge < -0.3 is 19.7 Å². The van der Waals surface area contributed by atoms with Gasteiger partial charge >= 0.3 is 0 Å². The molecule has 2 aliphatic rings. The molecule has 1 aromatic rings. The number of aliphatic hydroxyl groups excluding tert-OH is 2. The third-order valence-corrected chi connectivity index (χ3v) is 4.94. The van der Waals surface area contributed by atoms with Crippen molar-refractivity contribution < 1.29 is 32.3 Å². The molecule has 116 valence electrons. The third-order valence-electron chi connectivity index (χ3n) is 3.62. The van der Waals surface area contributed by atoms with E-state index in [1.807, 2.05) is 6.92 Å². The third kappa shape index (κ3) is 2.70. The first-order valence-electron chi connectivity index (χ1n) is 6.51. The van der Waals surface area contributed by atoms with Crippen LogP contribution in [0.25, 0.3) is 0 Å². The Balaban J connectivity index is 1.83. The van der Waals surface area contributed by atoms with Gasteiger partial charge in [0.15, 0.2) is 12.4 Å². The van der Waals surface area contributed by atoms with Gasteiger partial charge in [-0.2, -0.15) is 8.42 Å². The van der Waals surface area contributed by atoms with Crippen molar-refractivity contribution in [2.45, 2.75) is 42.5 Å². The Morgan fingerprint density at radius 1 is 1.19 bits per heavy atom. The van der Waals surface area contributed by atoms with Crippen molar-refractivity contribution >= 4 is 10.1 Å². The van der Waals surface area contributed by atoms with Crippen LogP contribution >= 0.6 is 0 Å². The van der Waals surface area contributed by atoms with E-state index < -0.39 is 40.8 Å². The van der Waals surface area contributed by atoms with E-state index in [0.717, 1.165) is 5.56 Å². The van der Waals surface area contributed by atoms with Crippen LogP contribution in [-0.4, -0.2) is 55.9 Å². The SMILES string of the molecule is Cc1ccc(S(=O)(=O)O[C@H]2[C@@H]3OC[C@@H](O3)[C@H](O)[C@@H]2O)cc1. The van der Waals surface area contributed by atoms with Crippen LogP contribution in [0.3, 0.4) is 0 Å². The van der Waals surface area contributed by atoms with E-state index in [9.17, 15) is 18.6 Å². The molecule has 0 radical (unpaired) electrons. The second kappa shape index (κ2) is 5.31. The van der Waals surface area contributed by atoms with Crippen LogP contribution in [0.4, 0.5) is 0 Å². The van der Waals surface area contributed by atoms with Gasteiger partial charge in [-0.15, -0.1) is 0 Å². The Bertz CT molecular complexity index is 612. The molecule has 21 heavy (non-hydrogen) atoms. The molecule has 2 heterocycles. The molecule has 5 atom stereocenters. The molecule has 0 aromatic heterocycles. The minimum absolute atomic E-state index is 0.0325. The lowest BCUT2D eigenvalue weighted by atomic mass is 10.0. The fraction of sp³-hybridized carbons (Fsp3) is 0.538. The molecule has 2 aliphatic heterocycles. The van der Waals surface area contributed by atoms with Gasteiger partial charge in [0.05, 0.1) is 11.5 Å². The number of aryl methyl sites for hydroxylation is 1. The summed E-state index contributed by atoms with van der Waals surface area (Å²) in [6.45, 7) is 1.92. The molecular weight excluding hydrogens is 300 g/mol. The standard InChI is InChI=1S/C13H16O7S/c1-7-2-4-8(5-3-7)21(16,17)20-12-11(15)10(14)9-6-18-13(12)19-9/h2-5,9-15H,6H2,1H3/t9-,10+,11+,12-,13-/m1/s1. The summed E-state index contributed by atoms with van der Waals surface area (Å²) in [5.41, 5.74) is 0.910. The van der Waals surface area contributed by atoms with Crippen molar-refractivity contribution in [3.05, 3.63) is 29.8 Å². The topological polar surface area (TPSA) is 102 Å². The maximum absolute atomic E-state index is 12.2. The Kier molecular flexibility index (Phi) is 3.76. The lowest BCUT2D eigenvalue weighted by Crippen LogP contribution is -2.55. The maximum atomic E-state index is 12.2. The number of ether oxygens (including phenoxy) is 2. The van der Waals surface area contributed by atoms with Gasteiger partial charge in [0.2, 0.25) is 0 Å². The average molecular weight is 316 g/mol. The van der Waals surface area contributed by atoms with Crippen molar-refractivity contribution in [3.63, 3.8) is 0 Å². The Morgan fingerprint density at radius 3 is 2.52 bits per heavy atom. The normalized spacial score (nSPS) is 35.9. The second-order valence-electron chi connectivity index (χ2n) is 5.19. The van der Waals surface area contributed by atoms with Crippen LogP contribution in [-0.2, 0) is 23.8 Å². The van der Waals surface area contributed by atoms with Gasteiger partial charge in [-0.1, -0.05) is 17.7 Å². The van der Waals surface area contributed by atoms with Crippen LogP contribution < -0.4 is 0 Å². The van der Waals surface area contributed by atoms with Gasteiger partial charge in [-0.3, -0.25) is 4.18 Å². The van der Waals surface area contributed by atoms with Crippen molar-refractivity contribution in [2.24, 2.45) is 0 Å². The predicted octanol–water partition coefficient (Wildman–Crippen LogP) is -0.454. The molecule has 2 bridgehead atoms. The molecule has 0 unspecified atom stereocenters. The fourth-order valence-electron chi connectivity index (χ4n) is 2.38. The summed E-state index contributed by atoms with van der Waals surface area (Å²) in [4.78, 5) is -0.0325. The Labute approximate surface area is 122 Å². The van der Waals surface area contributed by atoms with Crippen molar-refractivity contribution in [1.29, 1.82) is 0 Å². The molecule has 2 saturated heterocycles. The zero-order valence-electron chi connectivity index (χ0n) is 11.2. The maximum Gasteiger partial charge on any atom is 0.297 e. The monoisotopic (exact) mass is 316 g/mol. The highest BCUT2D eigenvalue weighted by molar-refractivity contribution is 7.86. The number of hydrogen-bond acceptors (Lipinski definition) is 7. The summed E-state index contributed by atoms with van der Waals surface area (Å²) in [5, 5.41) is 19.8. The molecule has 0 aliphatic carbocycles. The number of benzene rings is 1. The largest absolute Gasteiger partial charge is 0.387 e. The highest BCUT2D eigenvalue weighted by Crippen LogP contribution is 2.32. The van der Waals surface area contributed by atoms with E-state index in [1.54, 1.807) is 12.1 Å². The van der Waals surface area contributed by atoms with E-state index in [0.29, 0.717) is 0 Å². The van der Waals surface area contributed by atoms with E-state index in [1.165, 1.54) is 12.1 Å². The van der Waals surface area contributed by atoms with Gasteiger partial charge in [-0.05, 0) is 19.1 Å². The molecule has 7 nitrogen and oxygen atoms in total. The van der Waals surface area contributed by atoms with Crippen LogP contribution in [0.1, 0.15) is 5.56 Å². The van der Waals surface area contributed by atoms with Crippen LogP contribution in [0, 0.1) is 6.92 Å². The fourth-order valence-corrected chi connectivity index (χ4v) is 3.45. The number of aliphatic hydroxyl groups is 2. The summed E-state index contributed by atoms with van der Waals surface area (Å²) < 4.78 is 39.9. The van der Waals surface area contributed by atoms with Crippen molar-refractivity contribution in [1.82, 2.24) is 0 Å². The highest BCUT2D eigenvalue weighted by Gasteiger charge is 2.52. The first-order chi connectivity index (χ1) is 9.88. The van der Waals surface area contributed by atoms with Crippen LogP contribution in [0.5, 0.6) is 0 Å². The average Bonchev–Trinajstić information content (AvgIpc) is 2.89. The smallest absolute Gasteiger partial charge is 0.297 e. The summed E-state index contributed by atoms with van der Waals surface area (Å²) in [7, 11) is -4.09. The molecule has 3 rings (SSSR count). The van der Waals surface area contributed by atoms with E-state index >= 15 is 0 Å². The Morgan fingerprint density at radius 2 is 1.86 bits per heavy atom. The molecule has 0 spiro atoms. The summed E-state index contributed by atoms with van der Waals surface area (Å²) in [6, 6.07) is 6.10. The first-order valence-corrected chi connectivity index (χ1v) is 7.92. The molecule has 0 amide bonds. The van der Waals surface area contributed by atoms with Gasteiger partial charge in [0.1, 0.15) is 18.3 Å². The molecular formula is C13H16O7S. The summed E-state index contributed by atoms with van der Waals surface area (Å²) in [6.07, 6.45) is -5.61. The number of fused-ring (bicyclic) bond motifs is 2. The van der Waals surface area contributed by atoms with Crippen molar-refractivity contribution in [2.75, 3.05) is 6.61 Å². The summed E-state index contributed by atoms with van der Waals surface area (Å²) >= 11 is 0. The zero-order valence-corrected chi connectivity index (χ0v) is 12.1. The minimum Gasteiger partial charge on any atom is -0.387 e. The molecule has 2 N–H and O–H groups in total. The highest BCUT2D eigenvalue weighted by atomic mass is 32.2. The Hall–Kier alpha value is -1.03. The van der Waals surface area contributed by atoms with Gasteiger partial charge in [0, 0.05) is 0 Å². The van der Waals surface area contributed by atoms with E-state index in [4.69, 9.17) is 13.7 Å². The molecule has 1 aromatic carbocycles. The number of hydrogen-bond donors (Lipinski definition) is 2. The molecule has 2 fully saturated rings.